The van der Waals surface area contributed by atoms with Crippen molar-refractivity contribution < 1.29 is 14.6 Å². The van der Waals surface area contributed by atoms with Gasteiger partial charge in [0.15, 0.2) is 5.75 Å². The summed E-state index contributed by atoms with van der Waals surface area (Å²) in [5.41, 5.74) is 3.82. The lowest BCUT2D eigenvalue weighted by Crippen LogP contribution is -2.35. The molecule has 0 heterocycles. The highest BCUT2D eigenvalue weighted by Gasteiger charge is 2.24. The van der Waals surface area contributed by atoms with Gasteiger partial charge in [-0.25, -0.2) is 0 Å². The molecule has 0 aliphatic rings. The van der Waals surface area contributed by atoms with E-state index in [1.807, 2.05) is 0 Å². The van der Waals surface area contributed by atoms with Crippen LogP contribution in [0.3, 0.4) is 0 Å². The third-order valence-corrected chi connectivity index (χ3v) is 4.23. The number of aromatic hydroxyl groups is 1. The Kier molecular flexibility index (Phi) is 4.74. The van der Waals surface area contributed by atoms with Gasteiger partial charge in [0, 0.05) is 0 Å². The van der Waals surface area contributed by atoms with Crippen molar-refractivity contribution >= 4 is 40.3 Å². The highest BCUT2D eigenvalue weighted by Crippen LogP contribution is 2.36. The van der Waals surface area contributed by atoms with E-state index in [4.69, 9.17) is 22.1 Å². The van der Waals surface area contributed by atoms with E-state index >= 15 is 0 Å². The van der Waals surface area contributed by atoms with Crippen molar-refractivity contribution in [3.63, 3.8) is 0 Å². The van der Waals surface area contributed by atoms with Gasteiger partial charge in [-0.1, -0.05) is 23.7 Å². The number of carbonyl (C=O) groups is 1. The van der Waals surface area contributed by atoms with E-state index < -0.39 is 22.5 Å². The van der Waals surface area contributed by atoms with Crippen LogP contribution in [0, 0.1) is 0 Å². The van der Waals surface area contributed by atoms with Gasteiger partial charge in [0.2, 0.25) is 0 Å². The molecule has 3 aromatic carbocycles. The molecule has 9 heteroatoms. The molecule has 3 rings (SSSR count). The van der Waals surface area contributed by atoms with Gasteiger partial charge < -0.3 is 26.2 Å². The fraction of sp³-hybridized carbons (Fsp3) is 0.0556. The van der Waals surface area contributed by atoms with Crippen LogP contribution in [0.4, 0.5) is 22.7 Å². The van der Waals surface area contributed by atoms with Gasteiger partial charge in [-0.15, -0.1) is 0 Å². The normalized spacial score (nSPS) is 10.6. The number of anilines is 4. The van der Waals surface area contributed by atoms with Crippen LogP contribution in [0.2, 0.25) is 5.02 Å². The molecule has 138 valence electrons. The summed E-state index contributed by atoms with van der Waals surface area (Å²) in [6.45, 7) is 0. The second-order valence-corrected chi connectivity index (χ2v) is 5.95. The van der Waals surface area contributed by atoms with E-state index in [1.54, 1.807) is 24.3 Å². The quantitative estimate of drug-likeness (QED) is 0.377. The van der Waals surface area contributed by atoms with Gasteiger partial charge in [-0.3, -0.25) is 14.4 Å². The van der Waals surface area contributed by atoms with Crippen molar-refractivity contribution in [2.75, 3.05) is 17.7 Å². The number of para-hydroxylation sites is 2. The molecule has 0 fully saturated rings. The largest absolute Gasteiger partial charge is 0.505 e. The van der Waals surface area contributed by atoms with E-state index in [-0.39, 0.29) is 27.6 Å². The van der Waals surface area contributed by atoms with Crippen LogP contribution in [0.25, 0.3) is 0 Å². The standard InChI is InChI=1S/C18H14ClN3O5/c1-27-11-5-3-2-4-9(11)21-13-14(17(25)16(13)24)22-10-7-6-8(19)12(15(10)23)18(20)26/h2-7,21-23H,1H3,(H2,20,26). The number of hydrogen-bond donors (Lipinski definition) is 4. The fourth-order valence-electron chi connectivity index (χ4n) is 2.55. The summed E-state index contributed by atoms with van der Waals surface area (Å²) < 4.78 is 5.20. The monoisotopic (exact) mass is 387 g/mol. The van der Waals surface area contributed by atoms with Crippen LogP contribution < -0.4 is 32.0 Å². The summed E-state index contributed by atoms with van der Waals surface area (Å²) in [5.74, 6) is -0.980. The minimum atomic E-state index is -0.932. The van der Waals surface area contributed by atoms with Crippen LogP contribution in [0.1, 0.15) is 10.4 Å². The molecule has 0 bridgehead atoms. The Balaban J connectivity index is 1.98. The van der Waals surface area contributed by atoms with Crippen molar-refractivity contribution in [1.82, 2.24) is 0 Å². The predicted molar refractivity (Wildman–Crippen MR) is 103 cm³/mol. The molecule has 3 aromatic rings. The molecule has 27 heavy (non-hydrogen) atoms. The van der Waals surface area contributed by atoms with Crippen molar-refractivity contribution in [1.29, 1.82) is 0 Å². The Labute approximate surface area is 157 Å². The highest BCUT2D eigenvalue weighted by atomic mass is 35.5. The number of nitrogens with one attached hydrogen (secondary N) is 2. The fourth-order valence-corrected chi connectivity index (χ4v) is 2.79. The Bertz CT molecular complexity index is 1120. The van der Waals surface area contributed by atoms with E-state index in [9.17, 15) is 19.5 Å². The number of halogens is 1. The molecule has 0 aromatic heterocycles. The first kappa shape index (κ1) is 18.3. The maximum atomic E-state index is 12.0. The molecule has 0 unspecified atom stereocenters. The first-order valence-electron chi connectivity index (χ1n) is 7.66. The Morgan fingerprint density at radius 2 is 1.63 bits per heavy atom. The molecule has 5 N–H and O–H groups in total. The number of benzene rings is 2. The smallest absolute Gasteiger partial charge is 0.254 e. The van der Waals surface area contributed by atoms with Crippen LogP contribution >= 0.6 is 11.6 Å². The first-order chi connectivity index (χ1) is 12.8. The Morgan fingerprint density at radius 1 is 1.04 bits per heavy atom. The third kappa shape index (κ3) is 3.18. The number of amides is 1. The van der Waals surface area contributed by atoms with E-state index in [2.05, 4.69) is 10.6 Å². The second kappa shape index (κ2) is 7.00. The summed E-state index contributed by atoms with van der Waals surface area (Å²) in [6.07, 6.45) is 0. The van der Waals surface area contributed by atoms with Crippen LogP contribution in [-0.4, -0.2) is 18.1 Å². The van der Waals surface area contributed by atoms with Crippen LogP contribution in [0.15, 0.2) is 46.0 Å². The zero-order valence-electron chi connectivity index (χ0n) is 14.0. The number of nitrogens with two attached hydrogens (primary N) is 1. The van der Waals surface area contributed by atoms with Gasteiger partial charge in [0.1, 0.15) is 22.7 Å². The van der Waals surface area contributed by atoms with Crippen molar-refractivity contribution in [3.05, 3.63) is 67.4 Å². The van der Waals surface area contributed by atoms with Crippen molar-refractivity contribution in [2.24, 2.45) is 5.73 Å². The second-order valence-electron chi connectivity index (χ2n) is 5.54. The number of carbonyl (C=O) groups excluding carboxylic acids is 1. The van der Waals surface area contributed by atoms with Gasteiger partial charge in [-0.2, -0.15) is 0 Å². The van der Waals surface area contributed by atoms with E-state index in [0.717, 1.165) is 0 Å². The zero-order valence-corrected chi connectivity index (χ0v) is 14.8. The molecule has 0 spiro atoms. The van der Waals surface area contributed by atoms with Gasteiger partial charge in [-0.05, 0) is 24.3 Å². The molecule has 0 saturated heterocycles. The zero-order chi connectivity index (χ0) is 19.7. The number of phenols is 1. The first-order valence-corrected chi connectivity index (χ1v) is 8.04. The molecule has 0 atom stereocenters. The molecular formula is C18H14ClN3O5. The summed E-state index contributed by atoms with van der Waals surface area (Å²) >= 11 is 5.85. The van der Waals surface area contributed by atoms with Crippen molar-refractivity contribution in [3.8, 4) is 11.5 Å². The Morgan fingerprint density at radius 3 is 2.22 bits per heavy atom. The lowest BCUT2D eigenvalue weighted by atomic mass is 10.1. The number of primary amides is 1. The van der Waals surface area contributed by atoms with E-state index in [0.29, 0.717) is 11.4 Å². The topological polar surface area (TPSA) is 131 Å². The average molecular weight is 388 g/mol. The SMILES string of the molecule is COc1ccccc1Nc1c(Nc2ccc(Cl)c(C(N)=O)c2O)c(=O)c1=O. The lowest BCUT2D eigenvalue weighted by Gasteiger charge is -2.17. The molecule has 0 aliphatic carbocycles. The third-order valence-electron chi connectivity index (χ3n) is 3.91. The molecule has 8 nitrogen and oxygen atoms in total. The molecule has 0 radical (unpaired) electrons. The predicted octanol–water partition coefficient (Wildman–Crippen LogP) is 2.24. The molecular weight excluding hydrogens is 374 g/mol. The number of rotatable bonds is 6. The Hall–Kier alpha value is -3.52. The maximum Gasteiger partial charge on any atom is 0.254 e. The van der Waals surface area contributed by atoms with Crippen LogP contribution in [0.5, 0.6) is 11.5 Å². The minimum absolute atomic E-state index is 0.000486. The lowest BCUT2D eigenvalue weighted by molar-refractivity contribution is 0.0998. The summed E-state index contributed by atoms with van der Waals surface area (Å²) in [7, 11) is 1.47. The van der Waals surface area contributed by atoms with Crippen molar-refractivity contribution in [2.45, 2.75) is 0 Å². The average Bonchev–Trinajstić information content (AvgIpc) is 2.65. The minimum Gasteiger partial charge on any atom is -0.505 e. The number of ether oxygens (including phenoxy) is 1. The van der Waals surface area contributed by atoms with Gasteiger partial charge in [0.25, 0.3) is 16.8 Å². The summed E-state index contributed by atoms with van der Waals surface area (Å²) in [6, 6.07) is 9.53. The maximum absolute atomic E-state index is 12.0. The van der Waals surface area contributed by atoms with E-state index in [1.165, 1.54) is 19.2 Å². The molecule has 0 saturated carbocycles. The van der Waals surface area contributed by atoms with Gasteiger partial charge >= 0.3 is 0 Å². The van der Waals surface area contributed by atoms with Gasteiger partial charge in [0.05, 0.1) is 23.5 Å². The summed E-state index contributed by atoms with van der Waals surface area (Å²) in [5, 5.41) is 15.7. The molecule has 0 aliphatic heterocycles. The highest BCUT2D eigenvalue weighted by molar-refractivity contribution is 6.34. The number of methoxy groups -OCH3 is 1. The van der Waals surface area contributed by atoms with Crippen LogP contribution in [-0.2, 0) is 0 Å². The summed E-state index contributed by atoms with van der Waals surface area (Å²) in [4.78, 5) is 35.4. The number of hydrogen-bond acceptors (Lipinski definition) is 7. The molecule has 1 amide bonds.